The first-order chi connectivity index (χ1) is 14.5. The molecular weight excluding hydrogens is 384 g/mol. The SMILES string of the molecule is CC1(C2CC2)NC(=O)N(CC(=O)Nc2nc3ccccc3nc2N2CCCC2)C1=O. The van der Waals surface area contributed by atoms with Gasteiger partial charge in [-0.15, -0.1) is 0 Å². The lowest BCUT2D eigenvalue weighted by molar-refractivity contribution is -0.134. The van der Waals surface area contributed by atoms with Crippen molar-refractivity contribution in [3.05, 3.63) is 24.3 Å². The van der Waals surface area contributed by atoms with Crippen LogP contribution in [0, 0.1) is 5.92 Å². The average Bonchev–Trinajstić information content (AvgIpc) is 3.41. The highest BCUT2D eigenvalue weighted by Crippen LogP contribution is 2.42. The van der Waals surface area contributed by atoms with Gasteiger partial charge in [0.25, 0.3) is 5.91 Å². The molecule has 3 aliphatic rings. The number of aromatic nitrogens is 2. The van der Waals surface area contributed by atoms with Crippen molar-refractivity contribution >= 4 is 40.5 Å². The Bertz CT molecular complexity index is 1050. The number of rotatable bonds is 5. The number of urea groups is 1. The summed E-state index contributed by atoms with van der Waals surface area (Å²) in [4.78, 5) is 50.3. The zero-order chi connectivity index (χ0) is 20.9. The number of anilines is 2. The molecule has 30 heavy (non-hydrogen) atoms. The molecule has 0 radical (unpaired) electrons. The van der Waals surface area contributed by atoms with Gasteiger partial charge in [-0.05, 0) is 50.7 Å². The number of carbonyl (C=O) groups is 3. The quantitative estimate of drug-likeness (QED) is 0.732. The Morgan fingerprint density at radius 3 is 2.50 bits per heavy atom. The Morgan fingerprint density at radius 1 is 1.17 bits per heavy atom. The van der Waals surface area contributed by atoms with Crippen LogP contribution in [0.2, 0.25) is 0 Å². The second-order valence-corrected chi connectivity index (χ2v) is 8.42. The van der Waals surface area contributed by atoms with Crippen molar-refractivity contribution in [3.63, 3.8) is 0 Å². The molecule has 2 aromatic rings. The summed E-state index contributed by atoms with van der Waals surface area (Å²) in [5.41, 5.74) is 0.527. The van der Waals surface area contributed by atoms with Crippen molar-refractivity contribution in [2.45, 2.75) is 38.1 Å². The van der Waals surface area contributed by atoms with Gasteiger partial charge in [-0.3, -0.25) is 14.5 Å². The lowest BCUT2D eigenvalue weighted by atomic mass is 9.96. The largest absolute Gasteiger partial charge is 0.354 e. The van der Waals surface area contributed by atoms with Crippen LogP contribution in [-0.4, -0.2) is 57.9 Å². The van der Waals surface area contributed by atoms with E-state index in [1.807, 2.05) is 24.3 Å². The number of nitrogens with one attached hydrogen (secondary N) is 2. The molecule has 9 nitrogen and oxygen atoms in total. The van der Waals surface area contributed by atoms with E-state index < -0.39 is 17.5 Å². The lowest BCUT2D eigenvalue weighted by Crippen LogP contribution is -2.46. The van der Waals surface area contributed by atoms with E-state index in [1.54, 1.807) is 6.92 Å². The number of para-hydroxylation sites is 2. The molecule has 1 aliphatic carbocycles. The van der Waals surface area contributed by atoms with Crippen molar-refractivity contribution in [2.24, 2.45) is 5.92 Å². The molecular formula is C21H24N6O3. The van der Waals surface area contributed by atoms with Gasteiger partial charge < -0.3 is 15.5 Å². The first-order valence-electron chi connectivity index (χ1n) is 10.4. The molecule has 5 rings (SSSR count). The minimum Gasteiger partial charge on any atom is -0.354 e. The van der Waals surface area contributed by atoms with Crippen LogP contribution < -0.4 is 15.5 Å². The van der Waals surface area contributed by atoms with Crippen LogP contribution >= 0.6 is 0 Å². The van der Waals surface area contributed by atoms with E-state index in [0.717, 1.165) is 49.2 Å². The van der Waals surface area contributed by atoms with Crippen LogP contribution in [0.15, 0.2) is 24.3 Å². The minimum absolute atomic E-state index is 0.148. The second kappa shape index (κ2) is 6.93. The second-order valence-electron chi connectivity index (χ2n) is 8.42. The zero-order valence-electron chi connectivity index (χ0n) is 16.9. The summed E-state index contributed by atoms with van der Waals surface area (Å²) < 4.78 is 0. The van der Waals surface area contributed by atoms with E-state index in [0.29, 0.717) is 17.2 Å². The van der Waals surface area contributed by atoms with E-state index in [4.69, 9.17) is 4.98 Å². The van der Waals surface area contributed by atoms with Crippen molar-refractivity contribution in [1.29, 1.82) is 0 Å². The standard InChI is InChI=1S/C21H24N6O3/c1-21(13-8-9-13)19(29)27(20(30)25-21)12-16(28)24-17-18(26-10-4-5-11-26)23-15-7-3-2-6-14(15)22-17/h2-3,6-7,13H,4-5,8-12H2,1H3,(H,25,30)(H,22,24,28). The van der Waals surface area contributed by atoms with Gasteiger partial charge in [0, 0.05) is 13.1 Å². The van der Waals surface area contributed by atoms with Gasteiger partial charge in [-0.2, -0.15) is 0 Å². The Balaban J connectivity index is 1.38. The molecule has 1 unspecified atom stereocenters. The summed E-state index contributed by atoms with van der Waals surface area (Å²) in [6, 6.07) is 6.97. The third-order valence-corrected chi connectivity index (χ3v) is 6.21. The normalized spacial score (nSPS) is 23.9. The maximum atomic E-state index is 12.8. The summed E-state index contributed by atoms with van der Waals surface area (Å²) in [5.74, 6) is 0.324. The van der Waals surface area contributed by atoms with Gasteiger partial charge in [-0.1, -0.05) is 12.1 Å². The molecule has 0 bridgehead atoms. The van der Waals surface area contributed by atoms with Crippen molar-refractivity contribution in [3.8, 4) is 0 Å². The van der Waals surface area contributed by atoms with Crippen molar-refractivity contribution in [2.75, 3.05) is 29.9 Å². The first kappa shape index (κ1) is 18.8. The Labute approximate surface area is 173 Å². The van der Waals surface area contributed by atoms with E-state index in [9.17, 15) is 14.4 Å². The van der Waals surface area contributed by atoms with Crippen molar-refractivity contribution < 1.29 is 14.4 Å². The van der Waals surface area contributed by atoms with Gasteiger partial charge in [-0.25, -0.2) is 14.8 Å². The Morgan fingerprint density at radius 2 is 1.83 bits per heavy atom. The van der Waals surface area contributed by atoms with Crippen LogP contribution in [0.4, 0.5) is 16.4 Å². The molecule has 156 valence electrons. The Kier molecular flexibility index (Phi) is 4.34. The molecule has 2 N–H and O–H groups in total. The molecule has 4 amide bonds. The van der Waals surface area contributed by atoms with Crippen molar-refractivity contribution in [1.82, 2.24) is 20.2 Å². The summed E-state index contributed by atoms with van der Waals surface area (Å²) >= 11 is 0. The molecule has 9 heteroatoms. The monoisotopic (exact) mass is 408 g/mol. The summed E-state index contributed by atoms with van der Waals surface area (Å²) in [6.07, 6.45) is 3.94. The third kappa shape index (κ3) is 3.14. The number of carbonyl (C=O) groups excluding carboxylic acids is 3. The molecule has 1 atom stereocenters. The number of fused-ring (bicyclic) bond motifs is 1. The number of benzene rings is 1. The fraction of sp³-hybridized carbons (Fsp3) is 0.476. The average molecular weight is 408 g/mol. The first-order valence-corrected chi connectivity index (χ1v) is 10.4. The molecule has 3 fully saturated rings. The topological polar surface area (TPSA) is 108 Å². The van der Waals surface area contributed by atoms with Gasteiger partial charge >= 0.3 is 6.03 Å². The summed E-state index contributed by atoms with van der Waals surface area (Å²) in [7, 11) is 0. The molecule has 1 aromatic carbocycles. The summed E-state index contributed by atoms with van der Waals surface area (Å²) in [5, 5.41) is 5.55. The molecule has 2 saturated heterocycles. The third-order valence-electron chi connectivity index (χ3n) is 6.21. The van der Waals surface area contributed by atoms with E-state index in [2.05, 4.69) is 20.5 Å². The predicted molar refractivity (Wildman–Crippen MR) is 111 cm³/mol. The van der Waals surface area contributed by atoms with Gasteiger partial charge in [0.15, 0.2) is 11.6 Å². The zero-order valence-corrected chi connectivity index (χ0v) is 16.9. The lowest BCUT2D eigenvalue weighted by Gasteiger charge is -2.22. The van der Waals surface area contributed by atoms with Crippen LogP contribution in [0.1, 0.15) is 32.6 Å². The number of amides is 4. The number of hydrogen-bond donors (Lipinski definition) is 2. The van der Waals surface area contributed by atoms with Crippen LogP contribution in [0.25, 0.3) is 11.0 Å². The molecule has 3 heterocycles. The van der Waals surface area contributed by atoms with E-state index >= 15 is 0 Å². The predicted octanol–water partition coefficient (Wildman–Crippen LogP) is 1.89. The molecule has 1 aromatic heterocycles. The van der Waals surface area contributed by atoms with Crippen LogP contribution in [0.5, 0.6) is 0 Å². The smallest absolute Gasteiger partial charge is 0.325 e. The Hall–Kier alpha value is -3.23. The van der Waals surface area contributed by atoms with Gasteiger partial charge in [0.05, 0.1) is 11.0 Å². The maximum Gasteiger partial charge on any atom is 0.325 e. The molecule has 0 spiro atoms. The highest BCUT2D eigenvalue weighted by Gasteiger charge is 2.56. The molecule has 2 aliphatic heterocycles. The minimum atomic E-state index is -0.902. The number of hydrogen-bond acceptors (Lipinski definition) is 6. The number of nitrogens with zero attached hydrogens (tertiary/aromatic N) is 4. The fourth-order valence-electron chi connectivity index (χ4n) is 4.34. The highest BCUT2D eigenvalue weighted by molar-refractivity contribution is 6.10. The number of imide groups is 1. The van der Waals surface area contributed by atoms with Gasteiger partial charge in [0.1, 0.15) is 12.1 Å². The highest BCUT2D eigenvalue weighted by atomic mass is 16.2. The van der Waals surface area contributed by atoms with E-state index in [-0.39, 0.29) is 18.4 Å². The molecule has 1 saturated carbocycles. The van der Waals surface area contributed by atoms with E-state index in [1.165, 1.54) is 0 Å². The summed E-state index contributed by atoms with van der Waals surface area (Å²) in [6.45, 7) is 3.09. The maximum absolute atomic E-state index is 12.8. The van der Waals surface area contributed by atoms with Crippen LogP contribution in [-0.2, 0) is 9.59 Å². The van der Waals surface area contributed by atoms with Crippen LogP contribution in [0.3, 0.4) is 0 Å². The fourth-order valence-corrected chi connectivity index (χ4v) is 4.34. The van der Waals surface area contributed by atoms with Gasteiger partial charge in [0.2, 0.25) is 5.91 Å².